The van der Waals surface area contributed by atoms with E-state index in [4.69, 9.17) is 19.9 Å². The van der Waals surface area contributed by atoms with Crippen molar-refractivity contribution in [1.29, 1.82) is 0 Å². The highest BCUT2D eigenvalue weighted by Gasteiger charge is 2.14. The van der Waals surface area contributed by atoms with E-state index < -0.39 is 5.91 Å². The summed E-state index contributed by atoms with van der Waals surface area (Å²) in [6.07, 6.45) is 2.59. The smallest absolute Gasteiger partial charge is 0.255 e. The number of rotatable bonds is 8. The Kier molecular flexibility index (Phi) is 8.01. The SMILES string of the molecule is COc1cc(CNCC2CCCO2)ccc1OCC(N)=O.Cl. The van der Waals surface area contributed by atoms with Crippen LogP contribution < -0.4 is 20.5 Å². The molecule has 0 aromatic heterocycles. The maximum Gasteiger partial charge on any atom is 0.255 e. The van der Waals surface area contributed by atoms with Crippen LogP contribution in [0.25, 0.3) is 0 Å². The number of nitrogens with one attached hydrogen (secondary N) is 1. The Morgan fingerprint density at radius 3 is 2.91 bits per heavy atom. The summed E-state index contributed by atoms with van der Waals surface area (Å²) in [4.78, 5) is 10.7. The minimum atomic E-state index is -0.514. The number of benzene rings is 1. The first kappa shape index (κ1) is 18.5. The quantitative estimate of drug-likeness (QED) is 0.749. The lowest BCUT2D eigenvalue weighted by atomic mass is 10.2. The van der Waals surface area contributed by atoms with Gasteiger partial charge in [0.25, 0.3) is 5.91 Å². The van der Waals surface area contributed by atoms with Crippen LogP contribution in [0.2, 0.25) is 0 Å². The molecule has 0 aliphatic carbocycles. The van der Waals surface area contributed by atoms with Crippen molar-refractivity contribution in [3.63, 3.8) is 0 Å². The molecule has 1 aliphatic heterocycles. The van der Waals surface area contributed by atoms with Crippen molar-refractivity contribution in [2.24, 2.45) is 5.73 Å². The molecule has 1 atom stereocenters. The number of carbonyl (C=O) groups is 1. The molecule has 6 nitrogen and oxygen atoms in total. The standard InChI is InChI=1S/C15H22N2O4.ClH/c1-19-14-7-11(4-5-13(14)21-10-15(16)18)8-17-9-12-3-2-6-20-12;/h4-5,7,12,17H,2-3,6,8-10H2,1H3,(H2,16,18);1H. The lowest BCUT2D eigenvalue weighted by Gasteiger charge is -2.13. The third kappa shape index (κ3) is 5.71. The fourth-order valence-electron chi connectivity index (χ4n) is 2.27. The lowest BCUT2D eigenvalue weighted by Crippen LogP contribution is -2.25. The van der Waals surface area contributed by atoms with E-state index in [0.29, 0.717) is 17.6 Å². The zero-order chi connectivity index (χ0) is 15.1. The molecular formula is C15H23ClN2O4. The molecule has 124 valence electrons. The Hall–Kier alpha value is -1.50. The van der Waals surface area contributed by atoms with Crippen LogP contribution in [-0.4, -0.2) is 38.9 Å². The highest BCUT2D eigenvalue weighted by atomic mass is 35.5. The van der Waals surface area contributed by atoms with Gasteiger partial charge in [0.1, 0.15) is 0 Å². The molecule has 3 N–H and O–H groups in total. The number of carbonyl (C=O) groups excluding carboxylic acids is 1. The molecule has 0 radical (unpaired) electrons. The lowest BCUT2D eigenvalue weighted by molar-refractivity contribution is -0.119. The van der Waals surface area contributed by atoms with Gasteiger partial charge in [-0.15, -0.1) is 12.4 Å². The molecule has 1 aromatic carbocycles. The number of methoxy groups -OCH3 is 1. The molecule has 0 bridgehead atoms. The molecule has 1 aliphatic rings. The number of ether oxygens (including phenoxy) is 3. The molecule has 0 saturated carbocycles. The van der Waals surface area contributed by atoms with Crippen LogP contribution in [0.4, 0.5) is 0 Å². The van der Waals surface area contributed by atoms with Crippen LogP contribution in [0.1, 0.15) is 18.4 Å². The molecule has 7 heteroatoms. The first-order valence-corrected chi connectivity index (χ1v) is 7.09. The van der Waals surface area contributed by atoms with Crippen molar-refractivity contribution in [3.05, 3.63) is 23.8 Å². The van der Waals surface area contributed by atoms with Gasteiger partial charge in [0, 0.05) is 19.7 Å². The van der Waals surface area contributed by atoms with Gasteiger partial charge < -0.3 is 25.3 Å². The average molecular weight is 331 g/mol. The number of halogens is 1. The number of primary amides is 1. The zero-order valence-corrected chi connectivity index (χ0v) is 13.5. The number of hydrogen-bond donors (Lipinski definition) is 2. The molecular weight excluding hydrogens is 308 g/mol. The van der Waals surface area contributed by atoms with E-state index in [2.05, 4.69) is 5.32 Å². The van der Waals surface area contributed by atoms with Gasteiger partial charge in [-0.25, -0.2) is 0 Å². The summed E-state index contributed by atoms with van der Waals surface area (Å²) in [5.74, 6) is 0.589. The van der Waals surface area contributed by atoms with Gasteiger partial charge in [-0.2, -0.15) is 0 Å². The van der Waals surface area contributed by atoms with E-state index >= 15 is 0 Å². The van der Waals surface area contributed by atoms with E-state index in [1.807, 2.05) is 12.1 Å². The van der Waals surface area contributed by atoms with Crippen LogP contribution in [0, 0.1) is 0 Å². The Morgan fingerprint density at radius 2 is 2.27 bits per heavy atom. The van der Waals surface area contributed by atoms with Gasteiger partial charge in [-0.05, 0) is 30.5 Å². The van der Waals surface area contributed by atoms with Crippen LogP contribution in [-0.2, 0) is 16.1 Å². The second kappa shape index (κ2) is 9.50. The molecule has 22 heavy (non-hydrogen) atoms. The first-order valence-electron chi connectivity index (χ1n) is 7.09. The molecule has 1 heterocycles. The van der Waals surface area contributed by atoms with E-state index in [9.17, 15) is 4.79 Å². The van der Waals surface area contributed by atoms with Crippen LogP contribution in [0.5, 0.6) is 11.5 Å². The molecule has 2 rings (SSSR count). The fourth-order valence-corrected chi connectivity index (χ4v) is 2.27. The third-order valence-corrected chi connectivity index (χ3v) is 3.32. The van der Waals surface area contributed by atoms with Crippen LogP contribution >= 0.6 is 12.4 Å². The highest BCUT2D eigenvalue weighted by molar-refractivity contribution is 5.85. The molecule has 0 spiro atoms. The fraction of sp³-hybridized carbons (Fsp3) is 0.533. The maximum atomic E-state index is 10.7. The van der Waals surface area contributed by atoms with Gasteiger partial charge in [-0.1, -0.05) is 6.07 Å². The first-order chi connectivity index (χ1) is 10.2. The van der Waals surface area contributed by atoms with E-state index in [-0.39, 0.29) is 19.0 Å². The normalized spacial score (nSPS) is 16.9. The molecule has 1 unspecified atom stereocenters. The van der Waals surface area contributed by atoms with Crippen molar-refractivity contribution in [1.82, 2.24) is 5.32 Å². The highest BCUT2D eigenvalue weighted by Crippen LogP contribution is 2.28. The molecule has 1 amide bonds. The second-order valence-electron chi connectivity index (χ2n) is 5.01. The Bertz CT molecular complexity index is 479. The summed E-state index contributed by atoms with van der Waals surface area (Å²) in [7, 11) is 1.57. The van der Waals surface area contributed by atoms with E-state index in [1.165, 1.54) is 0 Å². The van der Waals surface area contributed by atoms with Gasteiger partial charge in [-0.3, -0.25) is 4.79 Å². The van der Waals surface area contributed by atoms with Gasteiger partial charge in [0.2, 0.25) is 0 Å². The molecule has 1 aromatic rings. The second-order valence-corrected chi connectivity index (χ2v) is 5.01. The predicted molar refractivity (Wildman–Crippen MR) is 85.6 cm³/mol. The third-order valence-electron chi connectivity index (χ3n) is 3.32. The largest absolute Gasteiger partial charge is 0.493 e. The van der Waals surface area contributed by atoms with E-state index in [0.717, 1.165) is 38.1 Å². The molecule has 1 saturated heterocycles. The Balaban J connectivity index is 0.00000242. The summed E-state index contributed by atoms with van der Waals surface area (Å²) in [6, 6.07) is 5.60. The van der Waals surface area contributed by atoms with Gasteiger partial charge in [0.05, 0.1) is 13.2 Å². The molecule has 1 fully saturated rings. The minimum Gasteiger partial charge on any atom is -0.493 e. The Labute approximate surface area is 136 Å². The van der Waals surface area contributed by atoms with Crippen molar-refractivity contribution < 1.29 is 19.0 Å². The van der Waals surface area contributed by atoms with Crippen molar-refractivity contribution in [3.8, 4) is 11.5 Å². The Morgan fingerprint density at radius 1 is 1.45 bits per heavy atom. The topological polar surface area (TPSA) is 82.8 Å². The average Bonchev–Trinajstić information content (AvgIpc) is 2.98. The van der Waals surface area contributed by atoms with Crippen LogP contribution in [0.15, 0.2) is 18.2 Å². The monoisotopic (exact) mass is 330 g/mol. The summed E-state index contributed by atoms with van der Waals surface area (Å²) >= 11 is 0. The van der Waals surface area contributed by atoms with Crippen molar-refractivity contribution >= 4 is 18.3 Å². The van der Waals surface area contributed by atoms with E-state index in [1.54, 1.807) is 13.2 Å². The summed E-state index contributed by atoms with van der Waals surface area (Å²) in [5, 5.41) is 3.37. The predicted octanol–water partition coefficient (Wildman–Crippen LogP) is 1.25. The number of amides is 1. The summed E-state index contributed by atoms with van der Waals surface area (Å²) in [6.45, 7) is 2.29. The number of nitrogens with two attached hydrogens (primary N) is 1. The summed E-state index contributed by atoms with van der Waals surface area (Å²) in [5.41, 5.74) is 6.14. The van der Waals surface area contributed by atoms with Crippen molar-refractivity contribution in [2.45, 2.75) is 25.5 Å². The van der Waals surface area contributed by atoms with Gasteiger partial charge >= 0.3 is 0 Å². The van der Waals surface area contributed by atoms with Crippen LogP contribution in [0.3, 0.4) is 0 Å². The minimum absolute atomic E-state index is 0. The zero-order valence-electron chi connectivity index (χ0n) is 12.7. The summed E-state index contributed by atoms with van der Waals surface area (Å²) < 4.78 is 16.1. The van der Waals surface area contributed by atoms with Gasteiger partial charge in [0.15, 0.2) is 18.1 Å². The number of hydrogen-bond acceptors (Lipinski definition) is 5. The van der Waals surface area contributed by atoms with Crippen molar-refractivity contribution in [2.75, 3.05) is 26.9 Å². The maximum absolute atomic E-state index is 10.7.